The molecule has 0 aliphatic heterocycles. The Morgan fingerprint density at radius 3 is 0.476 bits per heavy atom. The van der Waals surface area contributed by atoms with Gasteiger partial charge < -0.3 is 0 Å². The molecule has 265 valence electrons. The van der Waals surface area contributed by atoms with Crippen LogP contribution in [0.3, 0.4) is 0 Å². The molecule has 0 aliphatic carbocycles. The summed E-state index contributed by atoms with van der Waals surface area (Å²) in [7, 11) is 15.5. The molecule has 0 amide bonds. The molecule has 0 aromatic rings. The van der Waals surface area contributed by atoms with Crippen LogP contribution in [0, 0.1) is 0 Å². The topological polar surface area (TPSA) is 0 Å². The molecule has 0 rings (SSSR count). The number of halogens is 2. The van der Waals surface area contributed by atoms with Crippen molar-refractivity contribution in [3.8, 4) is 0 Å². The third-order valence-corrected chi connectivity index (χ3v) is 138. The zero-order chi connectivity index (χ0) is 33.5. The van der Waals surface area contributed by atoms with Gasteiger partial charge in [-0.2, -0.15) is 0 Å². The van der Waals surface area contributed by atoms with Gasteiger partial charge in [0.05, 0.1) is 0 Å². The molecule has 0 aromatic carbocycles. The van der Waals surface area contributed by atoms with Gasteiger partial charge in [-0.15, -0.1) is 0 Å². The van der Waals surface area contributed by atoms with Gasteiger partial charge in [-0.3, -0.25) is 0 Å². The summed E-state index contributed by atoms with van der Waals surface area (Å²) in [5.74, 6) is 0. The zero-order valence-electron chi connectivity index (χ0n) is 32.2. The average Bonchev–Trinajstić information content (AvgIpc) is 2.99. The van der Waals surface area contributed by atoms with Crippen molar-refractivity contribution in [2.45, 2.75) is 233 Å². The van der Waals surface area contributed by atoms with Crippen LogP contribution in [-0.2, 0) is 10.2 Å². The molecule has 0 aliphatic rings. The van der Waals surface area contributed by atoms with Gasteiger partial charge in [0.2, 0.25) is 0 Å². The van der Waals surface area contributed by atoms with Gasteiger partial charge in [-0.25, -0.2) is 0 Å². The molecule has 0 saturated heterocycles. The summed E-state index contributed by atoms with van der Waals surface area (Å²) < 4.78 is 0. The van der Waals surface area contributed by atoms with Gasteiger partial charge in [0.15, 0.2) is 0 Å². The van der Waals surface area contributed by atoms with Crippen molar-refractivity contribution >= 4 is 36.2 Å². The van der Waals surface area contributed by atoms with E-state index in [-0.39, 0.29) is 0 Å². The van der Waals surface area contributed by atoms with E-state index in [0.29, 0.717) is 50.9 Å². The van der Waals surface area contributed by atoms with Crippen molar-refractivity contribution in [3.63, 3.8) is 0 Å². The fourth-order valence-corrected chi connectivity index (χ4v) is 220. The van der Waals surface area contributed by atoms with Crippen molar-refractivity contribution < 1.29 is 10.2 Å². The molecule has 0 aromatic heterocycles. The predicted octanol–water partition coefficient (Wildman–Crippen LogP) is 15.2. The van der Waals surface area contributed by atoms with Gasteiger partial charge in [0.1, 0.15) is 0 Å². The molecule has 0 N–H and O–H groups in total. The second-order valence-corrected chi connectivity index (χ2v) is 79.6. The summed E-state index contributed by atoms with van der Waals surface area (Å²) in [4.78, 5) is 0. The fraction of sp³-hybridized carbons (Fsp3) is 1.00. The average molecular weight is 782 g/mol. The van der Waals surface area contributed by atoms with Crippen molar-refractivity contribution in [2.24, 2.45) is 0 Å². The number of rotatable bonds is 21. The van der Waals surface area contributed by atoms with E-state index in [4.69, 9.17) is 0 Å². The summed E-state index contributed by atoms with van der Waals surface area (Å²) in [5.41, 5.74) is -1.23. The van der Waals surface area contributed by atoms with Gasteiger partial charge in [-0.1, -0.05) is 0 Å². The van der Waals surface area contributed by atoms with Gasteiger partial charge in [-0.05, 0) is 0 Å². The maximum absolute atomic E-state index is 9.95. The third kappa shape index (κ3) is 5.99. The van der Waals surface area contributed by atoms with E-state index in [2.05, 4.69) is 125 Å². The van der Waals surface area contributed by atoms with Gasteiger partial charge >= 0.3 is 280 Å². The summed E-state index contributed by atoms with van der Waals surface area (Å²) >= 11 is 0. The number of hydrogen-bond acceptors (Lipinski definition) is 0. The van der Waals surface area contributed by atoms with Crippen molar-refractivity contribution in [2.75, 3.05) is 0 Å². The molecule has 9 atom stereocenters. The first-order chi connectivity index (χ1) is 19.4. The van der Waals surface area contributed by atoms with E-state index >= 15 is 0 Å². The first kappa shape index (κ1) is 44.5. The first-order valence-electron chi connectivity index (χ1n) is 18.6. The van der Waals surface area contributed by atoms with Crippen LogP contribution in [0.25, 0.3) is 0 Å². The first-order valence-corrected chi connectivity index (χ1v) is 37.2. The Balaban J connectivity index is 9.93. The van der Waals surface area contributed by atoms with Crippen molar-refractivity contribution in [1.82, 2.24) is 0 Å². The van der Waals surface area contributed by atoms with Crippen LogP contribution in [-0.4, -0.2) is 50.9 Å². The molecule has 0 saturated carbocycles. The molecule has 0 spiro atoms. The van der Waals surface area contributed by atoms with Crippen LogP contribution >= 0.6 is 36.2 Å². The molecule has 0 nitrogen and oxygen atoms in total. The van der Waals surface area contributed by atoms with Gasteiger partial charge in [0, 0.05) is 0 Å². The summed E-state index contributed by atoms with van der Waals surface area (Å²) in [6, 6.07) is 0. The molecule has 0 fully saturated rings. The third-order valence-electron chi connectivity index (χ3n) is 13.8. The zero-order valence-corrected chi connectivity index (χ0v) is 38.4. The molecule has 9 unspecified atom stereocenters. The maximum atomic E-state index is 9.95. The van der Waals surface area contributed by atoms with Crippen LogP contribution < -0.4 is 0 Å². The Labute approximate surface area is 277 Å². The van der Waals surface area contributed by atoms with E-state index < -0.39 is 27.0 Å². The Hall–Kier alpha value is 2.49. The quantitative estimate of drug-likeness (QED) is 0.0804. The Kier molecular flexibility index (Phi) is 18.8. The SMILES string of the molecule is CCC(C)[PH](C(C)CC)(C(C)CC)[Ru]([Cl])([Cl])([PH](C(C)CC)(C(C)CC)C(C)CC)[PH](C(C)CC)(C(C)CC)C(C)CC. The second kappa shape index (κ2) is 17.8. The van der Waals surface area contributed by atoms with Crippen molar-refractivity contribution in [1.29, 1.82) is 0 Å². The van der Waals surface area contributed by atoms with E-state index in [1.165, 1.54) is 57.8 Å². The van der Waals surface area contributed by atoms with Crippen molar-refractivity contribution in [3.05, 3.63) is 0 Å². The molecular weight excluding hydrogens is 697 g/mol. The Morgan fingerprint density at radius 1 is 0.310 bits per heavy atom. The van der Waals surface area contributed by atoms with E-state index in [9.17, 15) is 19.4 Å². The molecule has 0 radical (unpaired) electrons. The van der Waals surface area contributed by atoms with Crippen LogP contribution in [0.1, 0.15) is 182 Å². The van der Waals surface area contributed by atoms with Crippen LogP contribution in [0.15, 0.2) is 0 Å². The standard InChI is InChI=1S/3C12H27P.2ClH.Ru/c3*1-7-10(4)13(11(5)8-2)12(6)9-3;;;/h3*10-12H,7-9H2,1-6H3;2*1H;/q;;;;;-1/p+1. The minimum atomic E-state index is -4.44. The molecular formula is C36H84Cl2P3Ru. The van der Waals surface area contributed by atoms with Crippen LogP contribution in [0.5, 0.6) is 0 Å². The molecule has 0 heterocycles. The van der Waals surface area contributed by atoms with E-state index in [1.54, 1.807) is 0 Å². The number of hydrogen-bond donors (Lipinski definition) is 0. The summed E-state index contributed by atoms with van der Waals surface area (Å²) in [5, 5.41) is 0. The molecule has 6 heteroatoms. The molecule has 0 bridgehead atoms. The Bertz CT molecular complexity index is 610. The monoisotopic (exact) mass is 781 g/mol. The summed E-state index contributed by atoms with van der Waals surface area (Å²) in [6.07, 6.45) is 11.2. The predicted molar refractivity (Wildman–Crippen MR) is 214 cm³/mol. The normalized spacial score (nSPS) is 22.5. The van der Waals surface area contributed by atoms with Crippen LogP contribution in [0.2, 0.25) is 0 Å². The second-order valence-electron chi connectivity index (χ2n) is 14.9. The van der Waals surface area contributed by atoms with Crippen LogP contribution in [0.4, 0.5) is 0 Å². The Morgan fingerprint density at radius 2 is 0.405 bits per heavy atom. The van der Waals surface area contributed by atoms with Gasteiger partial charge in [0.25, 0.3) is 0 Å². The van der Waals surface area contributed by atoms with E-state index in [1.807, 2.05) is 0 Å². The molecule has 42 heavy (non-hydrogen) atoms. The fourth-order valence-electron chi connectivity index (χ4n) is 10.7. The minimum absolute atomic E-state index is 0.663. The van der Waals surface area contributed by atoms with E-state index in [0.717, 1.165) is 0 Å². The summed E-state index contributed by atoms with van der Waals surface area (Å²) in [6.45, 7) is 46.8.